The number of hydrogen-bond acceptors (Lipinski definition) is 5. The number of benzene rings is 2. The fourth-order valence-electron chi connectivity index (χ4n) is 3.62. The van der Waals surface area contributed by atoms with Crippen LogP contribution in [0.5, 0.6) is 0 Å². The van der Waals surface area contributed by atoms with Crippen molar-refractivity contribution in [2.45, 2.75) is 45.4 Å². The second-order valence-corrected chi connectivity index (χ2v) is 9.75. The van der Waals surface area contributed by atoms with Crippen LogP contribution in [0.1, 0.15) is 32.8 Å². The zero-order chi connectivity index (χ0) is 25.6. The van der Waals surface area contributed by atoms with E-state index in [4.69, 9.17) is 21.1 Å². The number of likely N-dealkylation sites (tertiary alicyclic amines) is 1. The van der Waals surface area contributed by atoms with E-state index in [1.165, 1.54) is 17.0 Å². The topological polar surface area (TPSA) is 97.0 Å². The van der Waals surface area contributed by atoms with Gasteiger partial charge in [0.25, 0.3) is 0 Å². The molecular formula is C25H29ClFN3O5. The maximum Gasteiger partial charge on any atom is 0.410 e. The molecule has 1 saturated heterocycles. The molecule has 0 bridgehead atoms. The minimum Gasteiger partial charge on any atom is -0.445 e. The number of amides is 3. The molecule has 2 aromatic carbocycles. The number of anilines is 1. The highest BCUT2D eigenvalue weighted by Crippen LogP contribution is 2.23. The van der Waals surface area contributed by atoms with E-state index in [1.807, 2.05) is 30.3 Å². The number of piperidine rings is 1. The van der Waals surface area contributed by atoms with Crippen molar-refractivity contribution in [1.29, 1.82) is 0 Å². The lowest BCUT2D eigenvalue weighted by Gasteiger charge is -2.37. The summed E-state index contributed by atoms with van der Waals surface area (Å²) < 4.78 is 24.5. The third kappa shape index (κ3) is 8.13. The van der Waals surface area contributed by atoms with E-state index in [0.717, 1.165) is 11.6 Å². The van der Waals surface area contributed by atoms with Gasteiger partial charge in [-0.25, -0.2) is 14.0 Å². The van der Waals surface area contributed by atoms with Gasteiger partial charge in [0.15, 0.2) is 0 Å². The molecule has 0 unspecified atom stereocenters. The number of nitrogens with one attached hydrogen (secondary N) is 2. The van der Waals surface area contributed by atoms with Crippen LogP contribution in [0.15, 0.2) is 48.5 Å². The van der Waals surface area contributed by atoms with E-state index in [-0.39, 0.29) is 36.8 Å². The first-order chi connectivity index (χ1) is 16.5. The van der Waals surface area contributed by atoms with Gasteiger partial charge in [0.2, 0.25) is 5.91 Å². The van der Waals surface area contributed by atoms with Gasteiger partial charge < -0.3 is 25.0 Å². The van der Waals surface area contributed by atoms with Crippen LogP contribution in [0.25, 0.3) is 0 Å². The molecule has 0 aromatic heterocycles. The Balaban J connectivity index is 1.68. The van der Waals surface area contributed by atoms with Gasteiger partial charge in [-0.2, -0.15) is 0 Å². The molecule has 0 aliphatic carbocycles. The molecular weight excluding hydrogens is 477 g/mol. The van der Waals surface area contributed by atoms with Crippen molar-refractivity contribution in [3.8, 4) is 0 Å². The van der Waals surface area contributed by atoms with Gasteiger partial charge >= 0.3 is 12.2 Å². The molecule has 2 aromatic rings. The van der Waals surface area contributed by atoms with Gasteiger partial charge in [0.1, 0.15) is 18.0 Å². The van der Waals surface area contributed by atoms with Gasteiger partial charge in [-0.1, -0.05) is 41.9 Å². The maximum absolute atomic E-state index is 13.8. The third-order valence-electron chi connectivity index (χ3n) is 5.19. The summed E-state index contributed by atoms with van der Waals surface area (Å²) in [6, 6.07) is 12.6. The Labute approximate surface area is 208 Å². The van der Waals surface area contributed by atoms with Crippen molar-refractivity contribution in [2.24, 2.45) is 5.92 Å². The Kier molecular flexibility index (Phi) is 8.56. The molecule has 188 valence electrons. The van der Waals surface area contributed by atoms with Gasteiger partial charge in [0.05, 0.1) is 17.0 Å². The molecule has 10 heteroatoms. The lowest BCUT2D eigenvalue weighted by atomic mass is 9.93. The average molecular weight is 506 g/mol. The predicted molar refractivity (Wildman–Crippen MR) is 130 cm³/mol. The van der Waals surface area contributed by atoms with Crippen molar-refractivity contribution in [3.63, 3.8) is 0 Å². The van der Waals surface area contributed by atoms with Crippen LogP contribution < -0.4 is 10.6 Å². The number of halogens is 2. The van der Waals surface area contributed by atoms with Crippen LogP contribution in [-0.2, 0) is 20.9 Å². The number of alkyl carbamates (subject to hydrolysis) is 1. The number of nitrogens with zero attached hydrogens (tertiary/aromatic N) is 1. The highest BCUT2D eigenvalue weighted by atomic mass is 35.5. The summed E-state index contributed by atoms with van der Waals surface area (Å²) in [6.45, 7) is 5.53. The summed E-state index contributed by atoms with van der Waals surface area (Å²) in [5, 5.41) is 5.32. The molecule has 3 rings (SSSR count). The third-order valence-corrected chi connectivity index (χ3v) is 5.50. The summed E-state index contributed by atoms with van der Waals surface area (Å²) in [6.07, 6.45) is -1.01. The van der Waals surface area contributed by atoms with Crippen molar-refractivity contribution < 1.29 is 28.2 Å². The van der Waals surface area contributed by atoms with E-state index >= 15 is 0 Å². The molecule has 1 fully saturated rings. The van der Waals surface area contributed by atoms with Gasteiger partial charge in [-0.15, -0.1) is 0 Å². The van der Waals surface area contributed by atoms with Crippen molar-refractivity contribution in [3.05, 3.63) is 64.9 Å². The minimum absolute atomic E-state index is 0.0601. The van der Waals surface area contributed by atoms with Crippen molar-refractivity contribution in [2.75, 3.05) is 18.4 Å². The van der Waals surface area contributed by atoms with E-state index in [1.54, 1.807) is 20.8 Å². The molecule has 2 atom stereocenters. The molecule has 0 radical (unpaired) electrons. The minimum atomic E-state index is -0.731. The highest BCUT2D eigenvalue weighted by Gasteiger charge is 2.36. The molecule has 8 nitrogen and oxygen atoms in total. The smallest absolute Gasteiger partial charge is 0.410 e. The number of carbonyl (C=O) groups is 3. The largest absolute Gasteiger partial charge is 0.445 e. The number of rotatable bonds is 5. The van der Waals surface area contributed by atoms with E-state index in [9.17, 15) is 18.8 Å². The first-order valence-electron chi connectivity index (χ1n) is 11.2. The normalized spacial score (nSPS) is 17.9. The Morgan fingerprint density at radius 1 is 1.11 bits per heavy atom. The Hall–Kier alpha value is -3.33. The summed E-state index contributed by atoms with van der Waals surface area (Å²) >= 11 is 5.71. The monoisotopic (exact) mass is 505 g/mol. The maximum atomic E-state index is 13.8. The summed E-state index contributed by atoms with van der Waals surface area (Å²) in [7, 11) is 0. The summed E-state index contributed by atoms with van der Waals surface area (Å²) in [4.78, 5) is 39.5. The van der Waals surface area contributed by atoms with Crippen molar-refractivity contribution in [1.82, 2.24) is 10.2 Å². The van der Waals surface area contributed by atoms with Crippen LogP contribution >= 0.6 is 11.6 Å². The Morgan fingerprint density at radius 2 is 1.83 bits per heavy atom. The highest BCUT2D eigenvalue weighted by molar-refractivity contribution is 6.30. The second kappa shape index (κ2) is 11.4. The number of hydrogen-bond donors (Lipinski definition) is 2. The van der Waals surface area contributed by atoms with Crippen LogP contribution in [-0.4, -0.2) is 47.7 Å². The molecule has 1 aliphatic rings. The zero-order valence-corrected chi connectivity index (χ0v) is 20.6. The molecule has 0 saturated carbocycles. The quantitative estimate of drug-likeness (QED) is 0.598. The molecule has 35 heavy (non-hydrogen) atoms. The lowest BCUT2D eigenvalue weighted by molar-refractivity contribution is -0.121. The lowest BCUT2D eigenvalue weighted by Crippen LogP contribution is -2.55. The molecule has 0 spiro atoms. The van der Waals surface area contributed by atoms with E-state index in [2.05, 4.69) is 10.6 Å². The fraction of sp³-hybridized carbons (Fsp3) is 0.400. The average Bonchev–Trinajstić information content (AvgIpc) is 2.79. The number of ether oxygens (including phenoxy) is 2. The van der Waals surface area contributed by atoms with Crippen molar-refractivity contribution >= 4 is 35.4 Å². The van der Waals surface area contributed by atoms with E-state index in [0.29, 0.717) is 0 Å². The van der Waals surface area contributed by atoms with Gasteiger partial charge in [0, 0.05) is 18.8 Å². The predicted octanol–water partition coefficient (Wildman–Crippen LogP) is 4.97. The summed E-state index contributed by atoms with van der Waals surface area (Å²) in [5.41, 5.74) is 0.331. The zero-order valence-electron chi connectivity index (χ0n) is 19.8. The fourth-order valence-corrected chi connectivity index (χ4v) is 3.74. The first kappa shape index (κ1) is 26.3. The second-order valence-electron chi connectivity index (χ2n) is 9.34. The SMILES string of the molecule is CC(C)(C)OC(=O)N1C[C@H](NC(=O)OCc2ccccc2)C[C@H](C(=O)Nc2ccc(Cl)c(F)c2)C1. The molecule has 2 N–H and O–H groups in total. The molecule has 1 heterocycles. The van der Waals surface area contributed by atoms with Crippen LogP contribution in [0.3, 0.4) is 0 Å². The number of carbonyl (C=O) groups excluding carboxylic acids is 3. The first-order valence-corrected chi connectivity index (χ1v) is 11.6. The Bertz CT molecular complexity index is 1060. The van der Waals surface area contributed by atoms with Crippen LogP contribution in [0.4, 0.5) is 19.7 Å². The van der Waals surface area contributed by atoms with E-state index < -0.39 is 41.5 Å². The standard InChI is InChI=1S/C25H29ClFN3O5/c1-25(2,3)35-24(33)30-13-17(22(31)28-18-9-10-20(26)21(27)12-18)11-19(14-30)29-23(32)34-15-16-7-5-4-6-8-16/h4-10,12,17,19H,11,13-15H2,1-3H3,(H,28,31)(H,29,32)/t17-,19+/m0/s1. The molecule has 1 aliphatic heterocycles. The Morgan fingerprint density at radius 3 is 2.49 bits per heavy atom. The van der Waals surface area contributed by atoms with Gasteiger partial charge in [-0.05, 0) is 51.0 Å². The van der Waals surface area contributed by atoms with Gasteiger partial charge in [-0.3, -0.25) is 4.79 Å². The molecule has 3 amide bonds. The van der Waals surface area contributed by atoms with Crippen LogP contribution in [0.2, 0.25) is 5.02 Å². The van der Waals surface area contributed by atoms with Crippen LogP contribution in [0, 0.1) is 11.7 Å². The summed E-state index contributed by atoms with van der Waals surface area (Å²) in [5.74, 6) is -1.77.